The molecule has 1 aromatic heterocycles. The zero-order valence-electron chi connectivity index (χ0n) is 14.0. The molecule has 0 aliphatic rings. The summed E-state index contributed by atoms with van der Waals surface area (Å²) >= 11 is 25.0. The fourth-order valence-electron chi connectivity index (χ4n) is 2.26. The van der Waals surface area contributed by atoms with Gasteiger partial charge in [-0.15, -0.1) is 11.3 Å². The highest BCUT2D eigenvalue weighted by atomic mass is 35.5. The number of rotatable bonds is 6. The van der Waals surface area contributed by atoms with Crippen LogP contribution in [0.1, 0.15) is 0 Å². The van der Waals surface area contributed by atoms with E-state index in [1.54, 1.807) is 11.4 Å². The van der Waals surface area contributed by atoms with Gasteiger partial charge in [0.15, 0.2) is 0 Å². The molecular weight excluding hydrogens is 522 g/mol. The number of halogens is 4. The Morgan fingerprint density at radius 2 is 1.21 bits per heavy atom. The lowest BCUT2D eigenvalue weighted by Crippen LogP contribution is -2.18. The highest BCUT2D eigenvalue weighted by Gasteiger charge is 2.25. The second-order valence-electron chi connectivity index (χ2n) is 5.51. The minimum Gasteiger partial charge on any atom is -0.277 e. The van der Waals surface area contributed by atoms with E-state index in [0.717, 1.165) is 11.3 Å². The second kappa shape index (κ2) is 8.50. The standard InChI is InChI=1S/C16H10Cl4N2O4S3/c17-9-3-1-4-10(18)16(9)29(25,26)22-14-8-12(20)11(19)7-13(14)21-28(23,24)15-5-2-6-27-15/h1-8,21-22H. The van der Waals surface area contributed by atoms with Gasteiger partial charge in [0.05, 0.1) is 31.5 Å². The Balaban J connectivity index is 2.07. The summed E-state index contributed by atoms with van der Waals surface area (Å²) in [5, 5.41) is 1.41. The van der Waals surface area contributed by atoms with Crippen molar-refractivity contribution in [3.8, 4) is 0 Å². The van der Waals surface area contributed by atoms with Crippen LogP contribution in [0.5, 0.6) is 0 Å². The lowest BCUT2D eigenvalue weighted by molar-refractivity contribution is 0.599. The first-order valence-electron chi connectivity index (χ1n) is 7.53. The minimum absolute atomic E-state index is 0.00805. The van der Waals surface area contributed by atoms with Gasteiger partial charge in [-0.3, -0.25) is 9.44 Å². The summed E-state index contributed by atoms with van der Waals surface area (Å²) in [6, 6.07) is 9.55. The Kier molecular flexibility index (Phi) is 6.59. The van der Waals surface area contributed by atoms with Crippen LogP contribution >= 0.6 is 57.7 Å². The van der Waals surface area contributed by atoms with Crippen molar-refractivity contribution in [2.75, 3.05) is 9.44 Å². The molecule has 0 unspecified atom stereocenters. The number of hydrogen-bond acceptors (Lipinski definition) is 5. The van der Waals surface area contributed by atoms with Gasteiger partial charge in [0.1, 0.15) is 9.10 Å². The maximum Gasteiger partial charge on any atom is 0.271 e. The van der Waals surface area contributed by atoms with Crippen LogP contribution in [0.2, 0.25) is 20.1 Å². The van der Waals surface area contributed by atoms with Gasteiger partial charge in [-0.25, -0.2) is 16.8 Å². The predicted octanol–water partition coefficient (Wildman–Crippen LogP) is 5.96. The Morgan fingerprint density at radius 3 is 1.69 bits per heavy atom. The molecule has 29 heavy (non-hydrogen) atoms. The van der Waals surface area contributed by atoms with Crippen LogP contribution in [0.4, 0.5) is 11.4 Å². The van der Waals surface area contributed by atoms with E-state index in [0.29, 0.717) is 0 Å². The lowest BCUT2D eigenvalue weighted by Gasteiger charge is -2.16. The summed E-state index contributed by atoms with van der Waals surface area (Å²) in [7, 11) is -8.26. The van der Waals surface area contributed by atoms with E-state index in [-0.39, 0.29) is 40.6 Å². The van der Waals surface area contributed by atoms with Crippen LogP contribution in [0.15, 0.2) is 56.9 Å². The van der Waals surface area contributed by atoms with Gasteiger partial charge in [-0.05, 0) is 35.7 Å². The first-order valence-corrected chi connectivity index (χ1v) is 12.9. The van der Waals surface area contributed by atoms with E-state index >= 15 is 0 Å². The van der Waals surface area contributed by atoms with Crippen molar-refractivity contribution < 1.29 is 16.8 Å². The SMILES string of the molecule is O=S(=O)(Nc1cc(Cl)c(Cl)cc1NS(=O)(=O)c1c(Cl)cccc1Cl)c1cccs1. The molecule has 0 saturated heterocycles. The number of anilines is 2. The van der Waals surface area contributed by atoms with E-state index in [1.807, 2.05) is 0 Å². The number of benzene rings is 2. The predicted molar refractivity (Wildman–Crippen MR) is 119 cm³/mol. The van der Waals surface area contributed by atoms with Gasteiger partial charge in [0.25, 0.3) is 20.0 Å². The minimum atomic E-state index is -4.28. The van der Waals surface area contributed by atoms with Crippen LogP contribution in [-0.4, -0.2) is 16.8 Å². The number of hydrogen-bond donors (Lipinski definition) is 2. The third-order valence-corrected chi connectivity index (χ3v) is 9.30. The summed E-state index contributed by atoms with van der Waals surface area (Å²) in [5.74, 6) is 0. The Morgan fingerprint density at radius 1 is 0.690 bits per heavy atom. The molecule has 0 aliphatic carbocycles. The van der Waals surface area contributed by atoms with Crippen LogP contribution < -0.4 is 9.44 Å². The summed E-state index contributed by atoms with van der Waals surface area (Å²) in [5.41, 5.74) is -0.282. The maximum absolute atomic E-state index is 12.9. The smallest absolute Gasteiger partial charge is 0.271 e. The Hall–Kier alpha value is -1.20. The van der Waals surface area contributed by atoms with Crippen LogP contribution in [0.3, 0.4) is 0 Å². The van der Waals surface area contributed by atoms with E-state index < -0.39 is 20.0 Å². The van der Waals surface area contributed by atoms with Gasteiger partial charge >= 0.3 is 0 Å². The van der Waals surface area contributed by atoms with Crippen molar-refractivity contribution >= 4 is 89.2 Å². The van der Waals surface area contributed by atoms with Crippen molar-refractivity contribution in [2.45, 2.75) is 9.10 Å². The molecule has 2 aromatic carbocycles. The zero-order chi connectivity index (χ0) is 21.4. The van der Waals surface area contributed by atoms with Gasteiger partial charge in [-0.1, -0.05) is 58.5 Å². The molecular formula is C16H10Cl4N2O4S3. The van der Waals surface area contributed by atoms with Crippen molar-refractivity contribution in [1.82, 2.24) is 0 Å². The molecule has 0 atom stereocenters. The van der Waals surface area contributed by atoms with Crippen LogP contribution in [-0.2, 0) is 20.0 Å². The Bertz CT molecular complexity index is 1260. The second-order valence-corrected chi connectivity index (χ2v) is 11.6. The molecule has 2 N–H and O–H groups in total. The number of sulfonamides is 2. The van der Waals surface area contributed by atoms with Crippen molar-refractivity contribution in [3.63, 3.8) is 0 Å². The van der Waals surface area contributed by atoms with E-state index in [9.17, 15) is 16.8 Å². The van der Waals surface area contributed by atoms with Gasteiger partial charge in [0.2, 0.25) is 0 Å². The summed E-state index contributed by atoms with van der Waals surface area (Å²) in [4.78, 5) is -0.360. The van der Waals surface area contributed by atoms with Gasteiger partial charge in [0, 0.05) is 0 Å². The molecule has 0 aliphatic heterocycles. The third-order valence-electron chi connectivity index (χ3n) is 3.50. The molecule has 154 valence electrons. The highest BCUT2D eigenvalue weighted by Crippen LogP contribution is 2.37. The Labute approximate surface area is 191 Å². The molecule has 6 nitrogen and oxygen atoms in total. The zero-order valence-corrected chi connectivity index (χ0v) is 19.5. The van der Waals surface area contributed by atoms with Gasteiger partial charge < -0.3 is 0 Å². The van der Waals surface area contributed by atoms with Crippen molar-refractivity contribution in [3.05, 3.63) is 67.9 Å². The fraction of sp³-hybridized carbons (Fsp3) is 0. The molecule has 0 spiro atoms. The van der Waals surface area contributed by atoms with E-state index in [2.05, 4.69) is 9.44 Å². The molecule has 13 heteroatoms. The molecule has 0 amide bonds. The molecule has 0 saturated carbocycles. The average Bonchev–Trinajstić information content (AvgIpc) is 3.14. The summed E-state index contributed by atoms with van der Waals surface area (Å²) < 4.78 is 55.4. The maximum atomic E-state index is 12.9. The quantitative estimate of drug-likeness (QED) is 0.410. The van der Waals surface area contributed by atoms with E-state index in [4.69, 9.17) is 46.4 Å². The topological polar surface area (TPSA) is 92.3 Å². The first-order chi connectivity index (χ1) is 13.5. The highest BCUT2D eigenvalue weighted by molar-refractivity contribution is 7.94. The van der Waals surface area contributed by atoms with Crippen molar-refractivity contribution in [2.24, 2.45) is 0 Å². The number of thiophene rings is 1. The summed E-state index contributed by atoms with van der Waals surface area (Å²) in [6.07, 6.45) is 0. The molecule has 3 aromatic rings. The van der Waals surface area contributed by atoms with Crippen LogP contribution in [0, 0.1) is 0 Å². The monoisotopic (exact) mass is 530 g/mol. The third kappa shape index (κ3) is 4.93. The lowest BCUT2D eigenvalue weighted by atomic mass is 10.3. The normalized spacial score (nSPS) is 12.0. The molecule has 0 radical (unpaired) electrons. The fourth-order valence-corrected chi connectivity index (χ4v) is 6.87. The average molecular weight is 532 g/mol. The van der Waals surface area contributed by atoms with E-state index in [1.165, 1.54) is 36.4 Å². The molecule has 3 rings (SSSR count). The largest absolute Gasteiger partial charge is 0.277 e. The summed E-state index contributed by atoms with van der Waals surface area (Å²) in [6.45, 7) is 0. The molecule has 0 bridgehead atoms. The van der Waals surface area contributed by atoms with Crippen LogP contribution in [0.25, 0.3) is 0 Å². The number of nitrogens with one attached hydrogen (secondary N) is 2. The van der Waals surface area contributed by atoms with Crippen molar-refractivity contribution in [1.29, 1.82) is 0 Å². The van der Waals surface area contributed by atoms with Gasteiger partial charge in [-0.2, -0.15) is 0 Å². The first kappa shape index (κ1) is 22.5. The molecule has 0 fully saturated rings. The molecule has 1 heterocycles.